The van der Waals surface area contributed by atoms with Crippen molar-refractivity contribution in [2.45, 2.75) is 40.2 Å². The number of aryl methyl sites for hydroxylation is 3. The monoisotopic (exact) mass is 441 g/mol. The Morgan fingerprint density at radius 2 is 1.67 bits per heavy atom. The van der Waals surface area contributed by atoms with Gasteiger partial charge in [0, 0.05) is 30.2 Å². The van der Waals surface area contributed by atoms with Crippen LogP contribution in [0.25, 0.3) is 11.0 Å². The van der Waals surface area contributed by atoms with Crippen molar-refractivity contribution in [1.82, 2.24) is 0 Å². The Labute approximate surface area is 193 Å². The molecule has 1 amide bonds. The molecule has 0 saturated carbocycles. The third kappa shape index (κ3) is 5.14. The van der Waals surface area contributed by atoms with E-state index in [4.69, 9.17) is 9.15 Å². The summed E-state index contributed by atoms with van der Waals surface area (Å²) in [5, 5.41) is 3.36. The summed E-state index contributed by atoms with van der Waals surface area (Å²) in [6.07, 6.45) is 1.26. The fourth-order valence-corrected chi connectivity index (χ4v) is 3.91. The normalized spacial score (nSPS) is 10.9. The average molecular weight is 442 g/mol. The predicted octanol–water partition coefficient (Wildman–Crippen LogP) is 5.73. The fourth-order valence-electron chi connectivity index (χ4n) is 3.91. The van der Waals surface area contributed by atoms with Gasteiger partial charge in [0.25, 0.3) is 0 Å². The first-order valence-corrected chi connectivity index (χ1v) is 11.0. The van der Waals surface area contributed by atoms with Crippen LogP contribution in [-0.4, -0.2) is 5.91 Å². The minimum absolute atomic E-state index is 0.0176. The minimum atomic E-state index is -0.107. The van der Waals surface area contributed by atoms with E-state index in [1.54, 1.807) is 6.07 Å². The smallest absolute Gasteiger partial charge is 0.221 e. The van der Waals surface area contributed by atoms with E-state index < -0.39 is 0 Å². The SMILES string of the molecule is CC(=O)Nc1cccc(CCc2oc3c(C)c(OCc4ccccc4)ccc3c(=O)c2C)c1. The first kappa shape index (κ1) is 22.3. The maximum Gasteiger partial charge on any atom is 0.221 e. The van der Waals surface area contributed by atoms with Crippen LogP contribution in [0.4, 0.5) is 5.69 Å². The summed E-state index contributed by atoms with van der Waals surface area (Å²) >= 11 is 0. The van der Waals surface area contributed by atoms with Gasteiger partial charge in [-0.2, -0.15) is 0 Å². The summed E-state index contributed by atoms with van der Waals surface area (Å²) in [6, 6.07) is 21.3. The Bertz CT molecular complexity index is 1360. The molecule has 0 aliphatic carbocycles. The molecular weight excluding hydrogens is 414 g/mol. The average Bonchev–Trinajstić information content (AvgIpc) is 2.81. The number of anilines is 1. The molecule has 0 unspecified atom stereocenters. The molecule has 0 fully saturated rings. The molecule has 4 rings (SSSR count). The van der Waals surface area contributed by atoms with Crippen LogP contribution in [0.15, 0.2) is 75.9 Å². The maximum atomic E-state index is 13.0. The number of carbonyl (C=O) groups is 1. The first-order valence-electron chi connectivity index (χ1n) is 11.0. The van der Waals surface area contributed by atoms with Gasteiger partial charge in [-0.15, -0.1) is 0 Å². The third-order valence-corrected chi connectivity index (χ3v) is 5.71. The molecule has 1 aromatic heterocycles. The van der Waals surface area contributed by atoms with Crippen molar-refractivity contribution < 1.29 is 13.9 Å². The van der Waals surface area contributed by atoms with Gasteiger partial charge in [0.2, 0.25) is 5.91 Å². The lowest BCUT2D eigenvalue weighted by atomic mass is 10.0. The van der Waals surface area contributed by atoms with Crippen molar-refractivity contribution in [1.29, 1.82) is 0 Å². The number of ether oxygens (including phenoxy) is 1. The Morgan fingerprint density at radius 3 is 2.42 bits per heavy atom. The van der Waals surface area contributed by atoms with Crippen LogP contribution in [0.2, 0.25) is 0 Å². The molecular formula is C28H27NO4. The molecule has 1 N–H and O–H groups in total. The standard InChI is InChI=1S/C28H27NO4/c1-18-26(14-12-21-10-7-11-23(16-21)29-20(3)30)33-28-19(2)25(15-13-24(28)27(18)31)32-17-22-8-5-4-6-9-22/h4-11,13,15-16H,12,14,17H2,1-3H3,(H,29,30). The number of hydrogen-bond donors (Lipinski definition) is 1. The highest BCUT2D eigenvalue weighted by Crippen LogP contribution is 2.28. The lowest BCUT2D eigenvalue weighted by Crippen LogP contribution is -2.11. The highest BCUT2D eigenvalue weighted by Gasteiger charge is 2.15. The van der Waals surface area contributed by atoms with E-state index in [-0.39, 0.29) is 11.3 Å². The lowest BCUT2D eigenvalue weighted by Gasteiger charge is -2.13. The summed E-state index contributed by atoms with van der Waals surface area (Å²) in [6.45, 7) is 5.66. The molecule has 0 spiro atoms. The first-order chi connectivity index (χ1) is 15.9. The van der Waals surface area contributed by atoms with Gasteiger partial charge < -0.3 is 14.5 Å². The van der Waals surface area contributed by atoms with Crippen LogP contribution >= 0.6 is 0 Å². The van der Waals surface area contributed by atoms with E-state index >= 15 is 0 Å². The van der Waals surface area contributed by atoms with Gasteiger partial charge >= 0.3 is 0 Å². The van der Waals surface area contributed by atoms with Crippen molar-refractivity contribution in [2.24, 2.45) is 0 Å². The summed E-state index contributed by atoms with van der Waals surface area (Å²) < 4.78 is 12.3. The summed E-state index contributed by atoms with van der Waals surface area (Å²) in [4.78, 5) is 24.4. The second kappa shape index (κ2) is 9.74. The highest BCUT2D eigenvalue weighted by atomic mass is 16.5. The van der Waals surface area contributed by atoms with Gasteiger partial charge in [0.1, 0.15) is 23.7 Å². The minimum Gasteiger partial charge on any atom is -0.488 e. The van der Waals surface area contributed by atoms with Gasteiger partial charge in [-0.05, 0) is 55.7 Å². The van der Waals surface area contributed by atoms with Gasteiger partial charge in [0.05, 0.1) is 5.39 Å². The molecule has 168 valence electrons. The van der Waals surface area contributed by atoms with E-state index in [9.17, 15) is 9.59 Å². The molecule has 0 atom stereocenters. The quantitative estimate of drug-likeness (QED) is 0.398. The molecule has 0 aliphatic heterocycles. The van der Waals surface area contributed by atoms with E-state index in [0.717, 1.165) is 22.4 Å². The van der Waals surface area contributed by atoms with E-state index in [1.165, 1.54) is 6.92 Å². The van der Waals surface area contributed by atoms with Crippen LogP contribution in [-0.2, 0) is 24.2 Å². The van der Waals surface area contributed by atoms with E-state index in [1.807, 2.05) is 74.5 Å². The summed E-state index contributed by atoms with van der Waals surface area (Å²) in [5.41, 5.74) is 4.87. The number of carbonyl (C=O) groups excluding carboxylic acids is 1. The lowest BCUT2D eigenvalue weighted by molar-refractivity contribution is -0.114. The predicted molar refractivity (Wildman–Crippen MR) is 131 cm³/mol. The topological polar surface area (TPSA) is 68.5 Å². The van der Waals surface area contributed by atoms with E-state index in [0.29, 0.717) is 47.5 Å². The molecule has 4 aromatic rings. The second-order valence-electron chi connectivity index (χ2n) is 8.20. The van der Waals surface area contributed by atoms with Crippen molar-refractivity contribution in [3.8, 4) is 5.75 Å². The van der Waals surface area contributed by atoms with Crippen LogP contribution in [0, 0.1) is 13.8 Å². The van der Waals surface area contributed by atoms with Crippen molar-refractivity contribution in [3.63, 3.8) is 0 Å². The second-order valence-corrected chi connectivity index (χ2v) is 8.20. The molecule has 0 radical (unpaired) electrons. The zero-order valence-electron chi connectivity index (χ0n) is 19.1. The maximum absolute atomic E-state index is 13.0. The van der Waals surface area contributed by atoms with E-state index in [2.05, 4.69) is 5.32 Å². The fraction of sp³-hybridized carbons (Fsp3) is 0.214. The Kier molecular flexibility index (Phi) is 6.59. The molecule has 0 bridgehead atoms. The van der Waals surface area contributed by atoms with Gasteiger partial charge in [-0.3, -0.25) is 9.59 Å². The molecule has 3 aromatic carbocycles. The van der Waals surface area contributed by atoms with Gasteiger partial charge in [0.15, 0.2) is 5.43 Å². The Morgan fingerprint density at radius 1 is 0.909 bits per heavy atom. The Balaban J connectivity index is 1.59. The van der Waals surface area contributed by atoms with Gasteiger partial charge in [-0.25, -0.2) is 0 Å². The van der Waals surface area contributed by atoms with Gasteiger partial charge in [-0.1, -0.05) is 42.5 Å². The number of nitrogens with one attached hydrogen (secondary N) is 1. The zero-order chi connectivity index (χ0) is 23.4. The number of fused-ring (bicyclic) bond motifs is 1. The van der Waals surface area contributed by atoms with Crippen LogP contribution in [0.5, 0.6) is 5.75 Å². The number of benzene rings is 3. The number of rotatable bonds is 7. The molecule has 0 saturated heterocycles. The summed E-state index contributed by atoms with van der Waals surface area (Å²) in [7, 11) is 0. The zero-order valence-corrected chi connectivity index (χ0v) is 19.1. The van der Waals surface area contributed by atoms with Crippen LogP contribution in [0.3, 0.4) is 0 Å². The number of amides is 1. The molecule has 1 heterocycles. The highest BCUT2D eigenvalue weighted by molar-refractivity contribution is 5.88. The van der Waals surface area contributed by atoms with Crippen LogP contribution in [0.1, 0.15) is 34.9 Å². The van der Waals surface area contributed by atoms with Crippen molar-refractivity contribution in [3.05, 3.63) is 105 Å². The number of hydrogen-bond acceptors (Lipinski definition) is 4. The molecule has 5 nitrogen and oxygen atoms in total. The van der Waals surface area contributed by atoms with Crippen molar-refractivity contribution in [2.75, 3.05) is 5.32 Å². The van der Waals surface area contributed by atoms with Crippen LogP contribution < -0.4 is 15.5 Å². The molecule has 0 aliphatic rings. The molecule has 33 heavy (non-hydrogen) atoms. The molecule has 5 heteroatoms. The van der Waals surface area contributed by atoms with Crippen molar-refractivity contribution >= 4 is 22.6 Å². The third-order valence-electron chi connectivity index (χ3n) is 5.71. The summed E-state index contributed by atoms with van der Waals surface area (Å²) in [5.74, 6) is 1.26. The largest absolute Gasteiger partial charge is 0.488 e. The Hall–Kier alpha value is -3.86.